The van der Waals surface area contributed by atoms with Crippen molar-refractivity contribution in [1.82, 2.24) is 0 Å². The van der Waals surface area contributed by atoms with E-state index in [0.29, 0.717) is 10.5 Å². The van der Waals surface area contributed by atoms with E-state index in [1.165, 1.54) is 0 Å². The van der Waals surface area contributed by atoms with Crippen molar-refractivity contribution < 1.29 is 14.1 Å². The van der Waals surface area contributed by atoms with Crippen LogP contribution in [0.1, 0.15) is 12.5 Å². The smallest absolute Gasteiger partial charge is 0.307 e. The molecule has 0 unspecified atom stereocenters. The fourth-order valence-corrected chi connectivity index (χ4v) is 2.08. The van der Waals surface area contributed by atoms with E-state index >= 15 is 0 Å². The Morgan fingerprint density at radius 1 is 1.40 bits per heavy atom. The van der Waals surface area contributed by atoms with Crippen LogP contribution in [0.25, 0.3) is 0 Å². The Balaban J connectivity index is 2.95. The quantitative estimate of drug-likeness (QED) is 0.822. The molecular weight excluding hydrogens is 214 g/mol. The first-order chi connectivity index (χ1) is 6.95. The van der Waals surface area contributed by atoms with Gasteiger partial charge in [0.1, 0.15) is 0 Å². The molecule has 0 fully saturated rings. The third-order valence-electron chi connectivity index (χ3n) is 2.07. The molecule has 0 bridgehead atoms. The molecule has 4 nitrogen and oxygen atoms in total. The standard InChI is InChI=1S/C10H13NO3S/c1-2-15(11,14)9-5-3-8(4-6-9)7-10(12)13/h3-6,11H,2,7H2,1H3,(H,12,13)/t15-/m0/s1. The van der Waals surface area contributed by atoms with E-state index < -0.39 is 15.7 Å². The van der Waals surface area contributed by atoms with Gasteiger partial charge < -0.3 is 5.11 Å². The van der Waals surface area contributed by atoms with Gasteiger partial charge in [-0.05, 0) is 17.7 Å². The van der Waals surface area contributed by atoms with Gasteiger partial charge in [0.15, 0.2) is 0 Å². The van der Waals surface area contributed by atoms with E-state index in [4.69, 9.17) is 9.89 Å². The van der Waals surface area contributed by atoms with E-state index in [1.807, 2.05) is 0 Å². The molecule has 0 aromatic heterocycles. The van der Waals surface area contributed by atoms with E-state index in [0.717, 1.165) is 0 Å². The summed E-state index contributed by atoms with van der Waals surface area (Å²) in [5, 5.41) is 8.55. The van der Waals surface area contributed by atoms with Crippen LogP contribution in [0.3, 0.4) is 0 Å². The summed E-state index contributed by atoms with van der Waals surface area (Å²) in [6, 6.07) is 6.34. The Morgan fingerprint density at radius 2 is 1.93 bits per heavy atom. The van der Waals surface area contributed by atoms with Gasteiger partial charge in [0.05, 0.1) is 16.1 Å². The molecule has 2 N–H and O–H groups in total. The molecule has 1 rings (SSSR count). The second kappa shape index (κ2) is 4.44. The minimum absolute atomic E-state index is 0.0500. The first kappa shape index (κ1) is 11.7. The Bertz CT molecular complexity index is 448. The second-order valence-corrected chi connectivity index (χ2v) is 5.58. The van der Waals surface area contributed by atoms with Crippen LogP contribution >= 0.6 is 0 Å². The molecule has 0 radical (unpaired) electrons. The Morgan fingerprint density at radius 3 is 2.33 bits per heavy atom. The highest BCUT2D eigenvalue weighted by atomic mass is 32.2. The molecule has 1 aromatic carbocycles. The lowest BCUT2D eigenvalue weighted by atomic mass is 10.2. The molecule has 82 valence electrons. The molecule has 15 heavy (non-hydrogen) atoms. The molecular formula is C10H13NO3S. The summed E-state index contributed by atoms with van der Waals surface area (Å²) in [4.78, 5) is 10.9. The highest BCUT2D eigenvalue weighted by molar-refractivity contribution is 7.92. The van der Waals surface area contributed by atoms with Crippen molar-refractivity contribution in [3.8, 4) is 0 Å². The van der Waals surface area contributed by atoms with Gasteiger partial charge in [-0.1, -0.05) is 19.1 Å². The number of benzene rings is 1. The average Bonchev–Trinajstić information content (AvgIpc) is 2.18. The molecule has 1 atom stereocenters. The molecule has 5 heteroatoms. The van der Waals surface area contributed by atoms with E-state index in [1.54, 1.807) is 31.2 Å². The van der Waals surface area contributed by atoms with Gasteiger partial charge in [0, 0.05) is 10.6 Å². The number of hydrogen-bond acceptors (Lipinski definition) is 3. The minimum Gasteiger partial charge on any atom is -0.481 e. The molecule has 0 aliphatic heterocycles. The minimum atomic E-state index is -2.69. The fraction of sp³-hybridized carbons (Fsp3) is 0.300. The third kappa shape index (κ3) is 3.06. The molecule has 0 aliphatic carbocycles. The number of hydrogen-bond donors (Lipinski definition) is 2. The number of aliphatic carboxylic acids is 1. The topological polar surface area (TPSA) is 78.2 Å². The maximum absolute atomic E-state index is 11.6. The van der Waals surface area contributed by atoms with Crippen molar-refractivity contribution >= 4 is 15.7 Å². The average molecular weight is 227 g/mol. The predicted molar refractivity (Wildman–Crippen MR) is 57.5 cm³/mol. The molecule has 0 spiro atoms. The molecule has 0 saturated carbocycles. The zero-order valence-corrected chi connectivity index (χ0v) is 9.21. The van der Waals surface area contributed by atoms with Gasteiger partial charge >= 0.3 is 5.97 Å². The van der Waals surface area contributed by atoms with Crippen molar-refractivity contribution in [3.63, 3.8) is 0 Å². The summed E-state index contributed by atoms with van der Waals surface area (Å²) >= 11 is 0. The lowest BCUT2D eigenvalue weighted by Crippen LogP contribution is -2.03. The predicted octanol–water partition coefficient (Wildman–Crippen LogP) is 1.74. The normalized spacial score (nSPS) is 14.5. The monoisotopic (exact) mass is 227 g/mol. The lowest BCUT2D eigenvalue weighted by Gasteiger charge is -2.04. The van der Waals surface area contributed by atoms with Crippen LogP contribution in [0, 0.1) is 4.78 Å². The molecule has 0 aliphatic rings. The maximum Gasteiger partial charge on any atom is 0.307 e. The largest absolute Gasteiger partial charge is 0.481 e. The molecule has 0 saturated heterocycles. The van der Waals surface area contributed by atoms with Crippen LogP contribution in [-0.2, 0) is 20.9 Å². The lowest BCUT2D eigenvalue weighted by molar-refractivity contribution is -0.136. The van der Waals surface area contributed by atoms with Crippen LogP contribution in [0.5, 0.6) is 0 Å². The Labute approximate surface area is 88.9 Å². The van der Waals surface area contributed by atoms with Crippen LogP contribution in [0.4, 0.5) is 0 Å². The van der Waals surface area contributed by atoms with Gasteiger partial charge in [-0.2, -0.15) is 0 Å². The summed E-state index contributed by atoms with van der Waals surface area (Å²) in [7, 11) is -2.69. The summed E-state index contributed by atoms with van der Waals surface area (Å²) in [6.07, 6.45) is -0.0500. The van der Waals surface area contributed by atoms with Gasteiger partial charge in [-0.15, -0.1) is 0 Å². The van der Waals surface area contributed by atoms with Crippen LogP contribution in [0.2, 0.25) is 0 Å². The second-order valence-electron chi connectivity index (χ2n) is 3.18. The van der Waals surface area contributed by atoms with Gasteiger partial charge in [0.25, 0.3) is 0 Å². The molecule has 0 heterocycles. The highest BCUT2D eigenvalue weighted by Gasteiger charge is 2.07. The van der Waals surface area contributed by atoms with Gasteiger partial charge in [-0.25, -0.2) is 8.99 Å². The number of carbonyl (C=O) groups is 1. The first-order valence-corrected chi connectivity index (χ1v) is 6.25. The number of rotatable bonds is 4. The molecule has 0 amide bonds. The third-order valence-corrected chi connectivity index (χ3v) is 3.91. The first-order valence-electron chi connectivity index (χ1n) is 4.53. The Hall–Kier alpha value is -1.36. The summed E-state index contributed by atoms with van der Waals surface area (Å²) in [5.41, 5.74) is 0.651. The van der Waals surface area contributed by atoms with Crippen molar-refractivity contribution in [2.24, 2.45) is 0 Å². The van der Waals surface area contributed by atoms with Crippen molar-refractivity contribution in [2.45, 2.75) is 18.2 Å². The van der Waals surface area contributed by atoms with E-state index in [-0.39, 0.29) is 12.2 Å². The summed E-state index contributed by atoms with van der Waals surface area (Å²) in [5.74, 6) is -0.629. The van der Waals surface area contributed by atoms with Crippen molar-refractivity contribution in [2.75, 3.05) is 5.75 Å². The summed E-state index contributed by atoms with van der Waals surface area (Å²) in [6.45, 7) is 1.69. The number of carboxylic acids is 1. The molecule has 1 aromatic rings. The van der Waals surface area contributed by atoms with Crippen LogP contribution < -0.4 is 0 Å². The van der Waals surface area contributed by atoms with Crippen molar-refractivity contribution in [1.29, 1.82) is 4.78 Å². The van der Waals surface area contributed by atoms with Gasteiger partial charge in [0.2, 0.25) is 0 Å². The van der Waals surface area contributed by atoms with Gasteiger partial charge in [-0.3, -0.25) is 4.79 Å². The maximum atomic E-state index is 11.6. The fourth-order valence-electron chi connectivity index (χ4n) is 1.17. The zero-order valence-electron chi connectivity index (χ0n) is 8.40. The number of nitrogens with one attached hydrogen (secondary N) is 1. The zero-order chi connectivity index (χ0) is 11.5. The van der Waals surface area contributed by atoms with Crippen LogP contribution in [0.15, 0.2) is 29.2 Å². The van der Waals surface area contributed by atoms with E-state index in [2.05, 4.69) is 0 Å². The SMILES string of the molecule is CC[S@](=N)(=O)c1ccc(CC(=O)O)cc1. The highest BCUT2D eigenvalue weighted by Crippen LogP contribution is 2.13. The Kier molecular flexibility index (Phi) is 3.47. The van der Waals surface area contributed by atoms with Crippen molar-refractivity contribution in [3.05, 3.63) is 29.8 Å². The van der Waals surface area contributed by atoms with Crippen LogP contribution in [-0.4, -0.2) is 21.0 Å². The number of carboxylic acid groups (broad SMARTS) is 1. The van der Waals surface area contributed by atoms with E-state index in [9.17, 15) is 9.00 Å². The summed E-state index contributed by atoms with van der Waals surface area (Å²) < 4.78 is 19.2.